The number of nitrogens with zero attached hydrogens (tertiary/aromatic N) is 1. The number of nitrogens with two attached hydrogens (primary N) is 1. The number of rotatable bonds is 8. The average Bonchev–Trinajstić information content (AvgIpc) is 3.12. The van der Waals surface area contributed by atoms with Crippen LogP contribution in [0.3, 0.4) is 0 Å². The molecule has 3 amide bonds. The van der Waals surface area contributed by atoms with Gasteiger partial charge in [-0.25, -0.2) is 13.6 Å². The number of benzene rings is 2. The Morgan fingerprint density at radius 1 is 1.07 bits per heavy atom. The van der Waals surface area contributed by atoms with Crippen LogP contribution in [0.1, 0.15) is 21.5 Å². The summed E-state index contributed by atoms with van der Waals surface area (Å²) in [5.74, 6) is -1.96. The van der Waals surface area contributed by atoms with Crippen LogP contribution in [-0.4, -0.2) is 22.1 Å². The number of carbonyl (C=O) groups excluding carboxylic acids is 2. The van der Waals surface area contributed by atoms with Crippen LogP contribution in [0.4, 0.5) is 18.6 Å². The van der Waals surface area contributed by atoms with Crippen molar-refractivity contribution in [3.8, 4) is 0 Å². The highest BCUT2D eigenvalue weighted by atomic mass is 32.2. The van der Waals surface area contributed by atoms with Crippen molar-refractivity contribution in [1.29, 1.82) is 0 Å². The van der Waals surface area contributed by atoms with E-state index in [1.54, 1.807) is 0 Å². The summed E-state index contributed by atoms with van der Waals surface area (Å²) in [7, 11) is 0. The van der Waals surface area contributed by atoms with Gasteiger partial charge in [0.25, 0.3) is 5.91 Å². The fourth-order valence-corrected chi connectivity index (χ4v) is 4.52. The van der Waals surface area contributed by atoms with Gasteiger partial charge in [0.1, 0.15) is 15.6 Å². The fourth-order valence-electron chi connectivity index (χ4n) is 2.57. The third-order valence-corrected chi connectivity index (χ3v) is 5.90. The summed E-state index contributed by atoms with van der Waals surface area (Å²) in [6.45, 7) is -0.0214. The van der Waals surface area contributed by atoms with E-state index in [0.29, 0.717) is 16.3 Å². The van der Waals surface area contributed by atoms with Crippen molar-refractivity contribution >= 4 is 40.2 Å². The number of urea groups is 1. The number of aromatic nitrogens is 1. The first-order valence-corrected chi connectivity index (χ1v) is 10.6. The Balaban J connectivity index is 1.59. The summed E-state index contributed by atoms with van der Waals surface area (Å²) in [6, 6.07) is 12.6. The first-order chi connectivity index (χ1) is 14.4. The lowest BCUT2D eigenvalue weighted by Gasteiger charge is -2.08. The maximum atomic E-state index is 13.2. The van der Waals surface area contributed by atoms with Crippen LogP contribution in [0.25, 0.3) is 0 Å². The number of carbonyl (C=O) groups is 2. The topological polar surface area (TPSA) is 97.1 Å². The summed E-state index contributed by atoms with van der Waals surface area (Å²) >= 11 is 2.33. The van der Waals surface area contributed by atoms with Crippen LogP contribution in [0.2, 0.25) is 0 Å². The second-order valence-corrected chi connectivity index (χ2v) is 8.05. The summed E-state index contributed by atoms with van der Waals surface area (Å²) in [5.41, 5.74) is 7.19. The molecule has 0 aliphatic rings. The van der Waals surface area contributed by atoms with Crippen LogP contribution >= 0.6 is 23.3 Å². The van der Waals surface area contributed by atoms with Gasteiger partial charge in [-0.3, -0.25) is 10.1 Å². The summed E-state index contributed by atoms with van der Waals surface area (Å²) in [4.78, 5) is 24.0. The number of thioether (sulfide) groups is 1. The molecule has 3 aromatic rings. The van der Waals surface area contributed by atoms with Crippen molar-refractivity contribution in [2.75, 3.05) is 11.1 Å². The molecule has 0 saturated heterocycles. The molecule has 0 aliphatic heterocycles. The van der Waals surface area contributed by atoms with Gasteiger partial charge >= 0.3 is 6.03 Å². The highest BCUT2D eigenvalue weighted by Gasteiger charge is 2.20. The van der Waals surface area contributed by atoms with Gasteiger partial charge in [0.15, 0.2) is 11.6 Å². The summed E-state index contributed by atoms with van der Waals surface area (Å²) in [5, 5.41) is 5.74. The van der Waals surface area contributed by atoms with Crippen LogP contribution in [0, 0.1) is 11.6 Å². The minimum Gasteiger partial charge on any atom is -0.365 e. The number of aryl methyl sites for hydroxylation is 1. The van der Waals surface area contributed by atoms with Crippen LogP contribution in [0.15, 0.2) is 53.6 Å². The molecule has 10 heteroatoms. The molecule has 1 heterocycles. The maximum Gasteiger partial charge on any atom is 0.320 e. The lowest BCUT2D eigenvalue weighted by Crippen LogP contribution is -2.29. The third kappa shape index (κ3) is 5.77. The van der Waals surface area contributed by atoms with E-state index < -0.39 is 23.6 Å². The zero-order valence-corrected chi connectivity index (χ0v) is 17.3. The zero-order chi connectivity index (χ0) is 21.5. The molecule has 0 spiro atoms. The number of nitrogens with one attached hydrogen (secondary N) is 2. The van der Waals surface area contributed by atoms with Crippen LogP contribution in [-0.2, 0) is 13.0 Å². The quantitative estimate of drug-likeness (QED) is 0.451. The molecule has 6 nitrogen and oxygen atoms in total. The Morgan fingerprint density at radius 3 is 2.53 bits per heavy atom. The zero-order valence-electron chi connectivity index (χ0n) is 15.7. The van der Waals surface area contributed by atoms with Crippen molar-refractivity contribution in [2.45, 2.75) is 18.0 Å². The molecule has 0 atom stereocenters. The minimum absolute atomic E-state index is 0.0214. The second-order valence-electron chi connectivity index (χ2n) is 6.20. The van der Waals surface area contributed by atoms with Gasteiger partial charge < -0.3 is 11.1 Å². The predicted octanol–water partition coefficient (Wildman–Crippen LogP) is 4.18. The molecule has 4 N–H and O–H groups in total. The number of halogens is 2. The second kappa shape index (κ2) is 10.2. The Hall–Kier alpha value is -2.98. The SMILES string of the molecule is NC(=O)c1c(SCCc2ccccc2)nsc1NC(=O)NCc1ccc(F)c(F)c1. The van der Waals surface area contributed by atoms with Crippen LogP contribution in [0.5, 0.6) is 0 Å². The van der Waals surface area contributed by atoms with E-state index in [2.05, 4.69) is 15.0 Å². The third-order valence-electron chi connectivity index (χ3n) is 4.04. The van der Waals surface area contributed by atoms with Gasteiger partial charge in [-0.2, -0.15) is 4.37 Å². The van der Waals surface area contributed by atoms with E-state index >= 15 is 0 Å². The molecule has 2 aromatic carbocycles. The van der Waals surface area contributed by atoms with E-state index in [0.717, 1.165) is 35.6 Å². The van der Waals surface area contributed by atoms with Crippen molar-refractivity contribution in [3.05, 3.63) is 76.9 Å². The van der Waals surface area contributed by atoms with Gasteiger partial charge in [0.05, 0.1) is 0 Å². The molecule has 0 unspecified atom stereocenters. The Labute approximate surface area is 180 Å². The molecule has 30 heavy (non-hydrogen) atoms. The van der Waals surface area contributed by atoms with Gasteiger partial charge in [-0.05, 0) is 41.2 Å². The molecule has 0 aliphatic carbocycles. The van der Waals surface area contributed by atoms with E-state index in [1.165, 1.54) is 17.8 Å². The van der Waals surface area contributed by atoms with Crippen LogP contribution < -0.4 is 16.4 Å². The molecule has 0 saturated carbocycles. The van der Waals surface area contributed by atoms with Gasteiger partial charge in [-0.15, -0.1) is 11.8 Å². The molecular formula is C20H18F2N4O2S2. The number of anilines is 1. The number of amides is 3. The maximum absolute atomic E-state index is 13.2. The standard InChI is InChI=1S/C20H18F2N4O2S2/c21-14-7-6-13(10-15(14)22)11-24-20(28)25-18-16(17(23)27)19(26-30-18)29-9-8-12-4-2-1-3-5-12/h1-7,10H,8-9,11H2,(H2,23,27)(H2,24,25,28). The number of primary amides is 1. The monoisotopic (exact) mass is 448 g/mol. The highest BCUT2D eigenvalue weighted by molar-refractivity contribution is 7.99. The minimum atomic E-state index is -0.995. The Morgan fingerprint density at radius 2 is 1.83 bits per heavy atom. The molecule has 156 valence electrons. The van der Waals surface area contributed by atoms with E-state index in [-0.39, 0.29) is 17.1 Å². The average molecular weight is 449 g/mol. The lowest BCUT2D eigenvalue weighted by atomic mass is 10.2. The van der Waals surface area contributed by atoms with Crippen molar-refractivity contribution < 1.29 is 18.4 Å². The number of hydrogen-bond acceptors (Lipinski definition) is 5. The molecular weight excluding hydrogens is 430 g/mol. The van der Waals surface area contributed by atoms with Gasteiger partial charge in [0, 0.05) is 12.3 Å². The summed E-state index contributed by atoms with van der Waals surface area (Å²) < 4.78 is 30.4. The first kappa shape index (κ1) is 21.7. The fraction of sp³-hybridized carbons (Fsp3) is 0.150. The molecule has 1 aromatic heterocycles. The Bertz CT molecular complexity index is 1040. The molecule has 3 rings (SSSR count). The largest absolute Gasteiger partial charge is 0.365 e. The van der Waals surface area contributed by atoms with Gasteiger partial charge in [0.2, 0.25) is 0 Å². The van der Waals surface area contributed by atoms with E-state index in [9.17, 15) is 18.4 Å². The highest BCUT2D eigenvalue weighted by Crippen LogP contribution is 2.32. The normalized spacial score (nSPS) is 10.6. The van der Waals surface area contributed by atoms with Crippen molar-refractivity contribution in [3.63, 3.8) is 0 Å². The summed E-state index contributed by atoms with van der Waals surface area (Å²) in [6.07, 6.45) is 0.790. The molecule has 0 radical (unpaired) electrons. The van der Waals surface area contributed by atoms with E-state index in [1.807, 2.05) is 30.3 Å². The number of hydrogen-bond donors (Lipinski definition) is 3. The molecule has 0 bridgehead atoms. The predicted molar refractivity (Wildman–Crippen MR) is 114 cm³/mol. The lowest BCUT2D eigenvalue weighted by molar-refractivity contribution is 0.0998. The molecule has 0 fully saturated rings. The van der Waals surface area contributed by atoms with E-state index in [4.69, 9.17) is 5.73 Å². The van der Waals surface area contributed by atoms with Gasteiger partial charge in [-0.1, -0.05) is 36.4 Å². The first-order valence-electron chi connectivity index (χ1n) is 8.89. The van der Waals surface area contributed by atoms with Crippen molar-refractivity contribution in [1.82, 2.24) is 9.69 Å². The Kier molecular flexibility index (Phi) is 7.36. The van der Waals surface area contributed by atoms with Crippen molar-refractivity contribution in [2.24, 2.45) is 5.73 Å². The smallest absolute Gasteiger partial charge is 0.320 e.